The Hall–Kier alpha value is -1.90. The van der Waals surface area contributed by atoms with Gasteiger partial charge >= 0.3 is 5.97 Å². The van der Waals surface area contributed by atoms with Gasteiger partial charge in [0, 0.05) is 5.41 Å². The Kier molecular flexibility index (Phi) is 6.62. The fourth-order valence-electron chi connectivity index (χ4n) is 12.0. The van der Waals surface area contributed by atoms with Crippen LogP contribution >= 0.6 is 0 Å². The van der Waals surface area contributed by atoms with Crippen molar-refractivity contribution in [1.29, 1.82) is 0 Å². The second-order valence-electron chi connectivity index (χ2n) is 17.1. The minimum Gasteiger partial charge on any atom is -0.456 e. The van der Waals surface area contributed by atoms with Gasteiger partial charge in [-0.05, 0) is 147 Å². The van der Waals surface area contributed by atoms with Crippen LogP contribution in [0.3, 0.4) is 0 Å². The van der Waals surface area contributed by atoms with Crippen LogP contribution in [0.15, 0.2) is 30.3 Å². The molecular weight excluding hydrogens is 504 g/mol. The zero-order valence-electron chi connectivity index (χ0n) is 27.1. The van der Waals surface area contributed by atoms with Crippen molar-refractivity contribution >= 4 is 17.8 Å². The highest BCUT2D eigenvalue weighted by Gasteiger charge is 2.69. The second kappa shape index (κ2) is 9.30. The molecule has 0 N–H and O–H groups in total. The Morgan fingerprint density at radius 2 is 1.54 bits per heavy atom. The topological polar surface area (TPSA) is 43.4 Å². The second-order valence-corrected chi connectivity index (χ2v) is 17.1. The lowest BCUT2D eigenvalue weighted by molar-refractivity contribution is -0.220. The van der Waals surface area contributed by atoms with Crippen LogP contribution in [0.25, 0.3) is 5.57 Å². The Bertz CT molecular complexity index is 1250. The minimum absolute atomic E-state index is 0.0159. The molecule has 3 heteroatoms. The maximum Gasteiger partial charge on any atom is 0.338 e. The molecule has 3 nitrogen and oxygen atoms in total. The van der Waals surface area contributed by atoms with E-state index < -0.39 is 5.60 Å². The molecule has 1 aromatic carbocycles. The smallest absolute Gasteiger partial charge is 0.338 e. The van der Waals surface area contributed by atoms with E-state index >= 15 is 0 Å². The van der Waals surface area contributed by atoms with Gasteiger partial charge in [0.05, 0.1) is 5.56 Å². The monoisotopic (exact) mass is 558 g/mol. The number of carbonyl (C=O) groups is 2. The van der Waals surface area contributed by atoms with Crippen molar-refractivity contribution in [3.05, 3.63) is 41.5 Å². The number of allylic oxidation sites excluding steroid dienone is 2. The first kappa shape index (κ1) is 29.2. The van der Waals surface area contributed by atoms with E-state index in [-0.39, 0.29) is 22.2 Å². The molecule has 0 bridgehead atoms. The van der Waals surface area contributed by atoms with E-state index in [2.05, 4.69) is 52.8 Å². The number of aldehydes is 1. The van der Waals surface area contributed by atoms with Crippen molar-refractivity contribution in [1.82, 2.24) is 0 Å². The maximum absolute atomic E-state index is 12.6. The zero-order chi connectivity index (χ0) is 29.6. The number of fused-ring (bicyclic) bond motifs is 7. The summed E-state index contributed by atoms with van der Waals surface area (Å²) in [5.74, 6) is 2.40. The molecule has 0 heterocycles. The van der Waals surface area contributed by atoms with Gasteiger partial charge in [0.2, 0.25) is 0 Å². The highest BCUT2D eigenvalue weighted by molar-refractivity contribution is 5.90. The molecule has 5 aliphatic carbocycles. The fourth-order valence-corrected chi connectivity index (χ4v) is 12.0. The molecule has 4 saturated carbocycles. The SMILES string of the molecule is CC(C)(C)OC(=O)c1ccc(C2=CCC3(C)C(CCC4(C)C3CCC3C5CCCC5(C=O)CCC34C)C2(C)C)cc1. The molecule has 0 amide bonds. The van der Waals surface area contributed by atoms with Crippen LogP contribution < -0.4 is 0 Å². The first-order chi connectivity index (χ1) is 19.1. The van der Waals surface area contributed by atoms with Crippen LogP contribution in [0.4, 0.5) is 0 Å². The van der Waals surface area contributed by atoms with Crippen molar-refractivity contribution in [2.24, 2.45) is 50.7 Å². The van der Waals surface area contributed by atoms with E-state index in [1.807, 2.05) is 32.9 Å². The summed E-state index contributed by atoms with van der Waals surface area (Å²) in [6.07, 6.45) is 16.3. The number of carbonyl (C=O) groups excluding carboxylic acids is 2. The molecular formula is C38H54O3. The first-order valence-electron chi connectivity index (χ1n) is 16.6. The molecule has 41 heavy (non-hydrogen) atoms. The van der Waals surface area contributed by atoms with E-state index in [9.17, 15) is 9.59 Å². The molecule has 6 rings (SSSR count). The molecule has 0 saturated heterocycles. The van der Waals surface area contributed by atoms with E-state index in [4.69, 9.17) is 4.74 Å². The average molecular weight is 559 g/mol. The Morgan fingerprint density at radius 3 is 2.20 bits per heavy atom. The summed E-state index contributed by atoms with van der Waals surface area (Å²) in [5.41, 5.74) is 3.79. The molecule has 1 aromatic rings. The minimum atomic E-state index is -0.494. The molecule has 8 unspecified atom stereocenters. The van der Waals surface area contributed by atoms with E-state index in [0.717, 1.165) is 19.3 Å². The number of hydrogen-bond acceptors (Lipinski definition) is 3. The van der Waals surface area contributed by atoms with E-state index in [1.54, 1.807) is 0 Å². The van der Waals surface area contributed by atoms with E-state index in [1.165, 1.54) is 62.4 Å². The molecule has 224 valence electrons. The van der Waals surface area contributed by atoms with Crippen LogP contribution in [-0.4, -0.2) is 17.9 Å². The van der Waals surface area contributed by atoms with Gasteiger partial charge in [0.15, 0.2) is 0 Å². The van der Waals surface area contributed by atoms with Gasteiger partial charge in [-0.1, -0.05) is 59.2 Å². The summed E-state index contributed by atoms with van der Waals surface area (Å²) in [6, 6.07) is 8.16. The van der Waals surface area contributed by atoms with Crippen molar-refractivity contribution in [3.63, 3.8) is 0 Å². The molecule has 4 fully saturated rings. The van der Waals surface area contributed by atoms with Gasteiger partial charge in [-0.25, -0.2) is 4.79 Å². The predicted octanol–water partition coefficient (Wildman–Crippen LogP) is 9.69. The highest BCUT2D eigenvalue weighted by Crippen LogP contribution is 2.76. The number of hydrogen-bond donors (Lipinski definition) is 0. The molecule has 5 aliphatic rings. The lowest BCUT2D eigenvalue weighted by atomic mass is 9.33. The summed E-state index contributed by atoms with van der Waals surface area (Å²) in [5, 5.41) is 0. The maximum atomic E-state index is 12.6. The quantitative estimate of drug-likeness (QED) is 0.274. The average Bonchev–Trinajstić information content (AvgIpc) is 3.33. The normalized spacial score (nSPS) is 43.1. The summed E-state index contributed by atoms with van der Waals surface area (Å²) >= 11 is 0. The number of benzene rings is 1. The first-order valence-corrected chi connectivity index (χ1v) is 16.6. The largest absolute Gasteiger partial charge is 0.456 e. The number of ether oxygens (including phenoxy) is 1. The molecule has 0 aliphatic heterocycles. The van der Waals surface area contributed by atoms with Gasteiger partial charge in [-0.2, -0.15) is 0 Å². The standard InChI is InChI=1S/C38H54O3/c1-33(2,3)41-32(40)26-13-11-25(12-14-26)27-17-20-35(6)30(34(27,4)5)18-21-37(8)31(35)16-15-28-29-10-9-19-38(29,24-39)23-22-36(28,37)7/h11-14,17,24,28-31H,9-10,15-16,18-23H2,1-8H3. The Labute approximate surface area is 249 Å². The van der Waals surface area contributed by atoms with Gasteiger partial charge < -0.3 is 9.53 Å². The van der Waals surface area contributed by atoms with Crippen LogP contribution in [0.2, 0.25) is 0 Å². The van der Waals surface area contributed by atoms with Crippen LogP contribution in [0, 0.1) is 50.7 Å². The third-order valence-corrected chi connectivity index (χ3v) is 14.1. The van der Waals surface area contributed by atoms with Crippen LogP contribution in [0.5, 0.6) is 0 Å². The summed E-state index contributed by atoms with van der Waals surface area (Å²) in [4.78, 5) is 25.1. The van der Waals surface area contributed by atoms with E-state index in [0.29, 0.717) is 40.1 Å². The van der Waals surface area contributed by atoms with Gasteiger partial charge in [0.25, 0.3) is 0 Å². The third-order valence-electron chi connectivity index (χ3n) is 14.1. The summed E-state index contributed by atoms with van der Waals surface area (Å²) in [7, 11) is 0. The number of esters is 1. The lowest BCUT2D eigenvalue weighted by Gasteiger charge is -2.72. The van der Waals surface area contributed by atoms with Crippen molar-refractivity contribution in [3.8, 4) is 0 Å². The lowest BCUT2D eigenvalue weighted by Crippen LogP contribution is -2.65. The fraction of sp³-hybridized carbons (Fsp3) is 0.737. The van der Waals surface area contributed by atoms with Crippen LogP contribution in [0.1, 0.15) is 136 Å². The van der Waals surface area contributed by atoms with Gasteiger partial charge in [-0.3, -0.25) is 0 Å². The van der Waals surface area contributed by atoms with Gasteiger partial charge in [-0.15, -0.1) is 0 Å². The number of rotatable bonds is 3. The van der Waals surface area contributed by atoms with Crippen molar-refractivity contribution < 1.29 is 14.3 Å². The van der Waals surface area contributed by atoms with Crippen molar-refractivity contribution in [2.45, 2.75) is 125 Å². The molecule has 8 atom stereocenters. The third kappa shape index (κ3) is 4.10. The highest BCUT2D eigenvalue weighted by atomic mass is 16.6. The van der Waals surface area contributed by atoms with Gasteiger partial charge in [0.1, 0.15) is 11.9 Å². The van der Waals surface area contributed by atoms with Crippen molar-refractivity contribution in [2.75, 3.05) is 0 Å². The molecule has 0 aromatic heterocycles. The van der Waals surface area contributed by atoms with Crippen LogP contribution in [-0.2, 0) is 9.53 Å². The summed E-state index contributed by atoms with van der Waals surface area (Å²) in [6.45, 7) is 18.7. The zero-order valence-corrected chi connectivity index (χ0v) is 27.1. The molecule has 0 spiro atoms. The summed E-state index contributed by atoms with van der Waals surface area (Å²) < 4.78 is 5.60. The molecule has 0 radical (unpaired) electrons. The Morgan fingerprint density at radius 1 is 0.829 bits per heavy atom. The Balaban J connectivity index is 1.29. The predicted molar refractivity (Wildman–Crippen MR) is 166 cm³/mol.